The number of carbonyl (C=O) groups excluding carboxylic acids is 2. The zero-order valence-corrected chi connectivity index (χ0v) is 26.0. The van der Waals surface area contributed by atoms with Crippen LogP contribution in [0.1, 0.15) is 50.3 Å². The van der Waals surface area contributed by atoms with Gasteiger partial charge in [-0.05, 0) is 81.5 Å². The molecule has 2 aliphatic heterocycles. The molecular formula is C34H42N4O6. The minimum atomic E-state index is -0.609. The van der Waals surface area contributed by atoms with E-state index in [4.69, 9.17) is 19.9 Å². The molecule has 0 saturated carbocycles. The van der Waals surface area contributed by atoms with Crippen molar-refractivity contribution < 1.29 is 23.8 Å². The van der Waals surface area contributed by atoms with E-state index in [1.165, 1.54) is 6.08 Å². The summed E-state index contributed by atoms with van der Waals surface area (Å²) in [6.45, 7) is 11.9. The van der Waals surface area contributed by atoms with E-state index in [2.05, 4.69) is 4.90 Å². The third-order valence-corrected chi connectivity index (χ3v) is 7.95. The van der Waals surface area contributed by atoms with Gasteiger partial charge in [0.2, 0.25) is 5.91 Å². The number of piperidine rings is 1. The van der Waals surface area contributed by atoms with Gasteiger partial charge in [0.1, 0.15) is 18.8 Å². The molecule has 2 N–H and O–H groups in total. The third kappa shape index (κ3) is 7.60. The molecule has 5 rings (SSSR count). The second-order valence-electron chi connectivity index (χ2n) is 12.5. The number of pyridine rings is 1. The predicted molar refractivity (Wildman–Crippen MR) is 170 cm³/mol. The van der Waals surface area contributed by atoms with Gasteiger partial charge in [0.25, 0.3) is 5.56 Å². The number of hydrogen-bond acceptors (Lipinski definition) is 7. The number of aromatic nitrogens is 1. The van der Waals surface area contributed by atoms with Crippen LogP contribution >= 0.6 is 0 Å². The van der Waals surface area contributed by atoms with Gasteiger partial charge >= 0.3 is 6.09 Å². The van der Waals surface area contributed by atoms with Gasteiger partial charge in [0.05, 0.1) is 5.52 Å². The molecule has 3 heterocycles. The Bertz CT molecular complexity index is 1610. The van der Waals surface area contributed by atoms with E-state index in [1.54, 1.807) is 16.7 Å². The van der Waals surface area contributed by atoms with Crippen molar-refractivity contribution in [2.24, 2.45) is 5.73 Å². The third-order valence-electron chi connectivity index (χ3n) is 7.95. The van der Waals surface area contributed by atoms with Crippen LogP contribution in [0.3, 0.4) is 0 Å². The van der Waals surface area contributed by atoms with E-state index in [0.29, 0.717) is 44.2 Å². The summed E-state index contributed by atoms with van der Waals surface area (Å²) in [5.41, 5.74) is 8.05. The van der Waals surface area contributed by atoms with Crippen molar-refractivity contribution >= 4 is 29.0 Å². The highest BCUT2D eigenvalue weighted by molar-refractivity contribution is 5.95. The molecule has 0 radical (unpaired) electrons. The molecule has 0 atom stereocenters. The number of aryl methyl sites for hydroxylation is 1. The molecule has 0 aliphatic carbocycles. The molecule has 10 heteroatoms. The first-order valence-corrected chi connectivity index (χ1v) is 15.2. The van der Waals surface area contributed by atoms with Crippen molar-refractivity contribution in [3.05, 3.63) is 75.6 Å². The normalized spacial score (nSPS) is 15.9. The summed E-state index contributed by atoms with van der Waals surface area (Å²) in [4.78, 5) is 42.1. The number of nitrogens with zero attached hydrogens (tertiary/aromatic N) is 3. The van der Waals surface area contributed by atoms with Crippen molar-refractivity contribution in [1.29, 1.82) is 0 Å². The SMILES string of the molecule is Cc1ccc2c(/C=C/C(N)=O)cc(=O)n(CCN3CCC(N(Cc4ccc5c(c4)OCCO5)C(=O)OC(C)(C)C)CC3)c2c1. The molecule has 1 fully saturated rings. The fourth-order valence-corrected chi connectivity index (χ4v) is 5.80. The maximum Gasteiger partial charge on any atom is 0.410 e. The zero-order chi connectivity index (χ0) is 31.4. The lowest BCUT2D eigenvalue weighted by Gasteiger charge is -2.39. The van der Waals surface area contributed by atoms with Crippen LogP contribution in [0, 0.1) is 6.92 Å². The number of fused-ring (bicyclic) bond motifs is 2. The Labute approximate surface area is 258 Å². The zero-order valence-electron chi connectivity index (χ0n) is 26.0. The van der Waals surface area contributed by atoms with Crippen molar-refractivity contribution in [3.8, 4) is 11.5 Å². The standard InChI is InChI=1S/C34H42N4O6/c1-23-5-8-27-25(7-10-31(35)39)21-32(40)37(28(27)19-23)16-15-36-13-11-26(12-14-36)38(33(41)44-34(2,3)4)22-24-6-9-29-30(20-24)43-18-17-42-29/h5-10,19-21,26H,11-18,22H2,1-4H3,(H2,35,39)/b10-7+. The smallest absolute Gasteiger partial charge is 0.410 e. The Balaban J connectivity index is 1.28. The fourth-order valence-electron chi connectivity index (χ4n) is 5.80. The Hall–Kier alpha value is -4.31. The highest BCUT2D eigenvalue weighted by Crippen LogP contribution is 2.32. The van der Waals surface area contributed by atoms with Gasteiger partial charge in [0, 0.05) is 56.3 Å². The van der Waals surface area contributed by atoms with Crippen LogP contribution in [0.15, 0.2) is 53.3 Å². The number of likely N-dealkylation sites (tertiary alicyclic amines) is 1. The first kappa shape index (κ1) is 31.1. The van der Waals surface area contributed by atoms with Crippen molar-refractivity contribution in [1.82, 2.24) is 14.4 Å². The summed E-state index contributed by atoms with van der Waals surface area (Å²) >= 11 is 0. The van der Waals surface area contributed by atoms with Gasteiger partial charge in [-0.15, -0.1) is 0 Å². The van der Waals surface area contributed by atoms with Gasteiger partial charge in [0.15, 0.2) is 11.5 Å². The molecule has 44 heavy (non-hydrogen) atoms. The molecule has 0 spiro atoms. The molecule has 1 aromatic heterocycles. The molecular weight excluding hydrogens is 560 g/mol. The predicted octanol–water partition coefficient (Wildman–Crippen LogP) is 4.48. The summed E-state index contributed by atoms with van der Waals surface area (Å²) in [6, 6.07) is 13.3. The van der Waals surface area contributed by atoms with E-state index in [-0.39, 0.29) is 17.7 Å². The Kier molecular flexibility index (Phi) is 9.29. The summed E-state index contributed by atoms with van der Waals surface area (Å²) < 4.78 is 19.1. The number of carbonyl (C=O) groups is 2. The van der Waals surface area contributed by atoms with Gasteiger partial charge in [-0.1, -0.05) is 18.2 Å². The Morgan fingerprint density at radius 2 is 1.75 bits per heavy atom. The largest absolute Gasteiger partial charge is 0.486 e. The number of hydrogen-bond donors (Lipinski definition) is 1. The monoisotopic (exact) mass is 602 g/mol. The first-order valence-electron chi connectivity index (χ1n) is 15.2. The second-order valence-corrected chi connectivity index (χ2v) is 12.5. The van der Waals surface area contributed by atoms with Gasteiger partial charge < -0.3 is 34.3 Å². The molecule has 0 unspecified atom stereocenters. The molecule has 2 aliphatic rings. The maximum absolute atomic E-state index is 13.4. The summed E-state index contributed by atoms with van der Waals surface area (Å²) in [5.74, 6) is 0.855. The maximum atomic E-state index is 13.4. The second kappa shape index (κ2) is 13.1. The van der Waals surface area contributed by atoms with Gasteiger partial charge in [-0.25, -0.2) is 4.79 Å². The Morgan fingerprint density at radius 1 is 1.02 bits per heavy atom. The van der Waals surface area contributed by atoms with Crippen LogP contribution in [0.5, 0.6) is 11.5 Å². The minimum absolute atomic E-state index is 0.0110. The van der Waals surface area contributed by atoms with E-state index in [0.717, 1.165) is 53.7 Å². The summed E-state index contributed by atoms with van der Waals surface area (Å²) in [5, 5.41) is 0.888. The fraction of sp³-hybridized carbons (Fsp3) is 0.441. The molecule has 234 valence electrons. The number of rotatable bonds is 8. The lowest BCUT2D eigenvalue weighted by molar-refractivity contribution is -0.113. The quantitative estimate of drug-likeness (QED) is 0.378. The highest BCUT2D eigenvalue weighted by Gasteiger charge is 2.31. The van der Waals surface area contributed by atoms with Crippen LogP contribution < -0.4 is 20.8 Å². The van der Waals surface area contributed by atoms with E-state index >= 15 is 0 Å². The van der Waals surface area contributed by atoms with Crippen LogP contribution in [0.25, 0.3) is 17.0 Å². The molecule has 1 saturated heterocycles. The topological polar surface area (TPSA) is 116 Å². The van der Waals surface area contributed by atoms with Crippen molar-refractivity contribution in [3.63, 3.8) is 0 Å². The highest BCUT2D eigenvalue weighted by atomic mass is 16.6. The average molecular weight is 603 g/mol. The first-order chi connectivity index (χ1) is 21.0. The minimum Gasteiger partial charge on any atom is -0.486 e. The van der Waals surface area contributed by atoms with E-state index in [9.17, 15) is 14.4 Å². The lowest BCUT2D eigenvalue weighted by Crippen LogP contribution is -2.49. The molecule has 2 amide bonds. The lowest BCUT2D eigenvalue weighted by atomic mass is 10.0. The number of ether oxygens (including phenoxy) is 3. The van der Waals surface area contributed by atoms with Crippen molar-refractivity contribution in [2.45, 2.75) is 65.3 Å². The molecule has 0 bridgehead atoms. The van der Waals surface area contributed by atoms with Gasteiger partial charge in [-0.3, -0.25) is 9.59 Å². The van der Waals surface area contributed by atoms with Crippen LogP contribution in [0.4, 0.5) is 4.79 Å². The molecule has 10 nitrogen and oxygen atoms in total. The van der Waals surface area contributed by atoms with Crippen LogP contribution in [0.2, 0.25) is 0 Å². The van der Waals surface area contributed by atoms with E-state index < -0.39 is 11.5 Å². The number of nitrogens with two attached hydrogens (primary N) is 1. The number of amides is 2. The van der Waals surface area contributed by atoms with E-state index in [1.807, 2.05) is 69.0 Å². The van der Waals surface area contributed by atoms with Gasteiger partial charge in [-0.2, -0.15) is 0 Å². The van der Waals surface area contributed by atoms with Crippen molar-refractivity contribution in [2.75, 3.05) is 32.8 Å². The number of benzene rings is 2. The molecule has 2 aromatic carbocycles. The average Bonchev–Trinajstić information content (AvgIpc) is 2.97. The summed E-state index contributed by atoms with van der Waals surface area (Å²) in [7, 11) is 0. The number of primary amides is 1. The molecule has 3 aromatic rings. The summed E-state index contributed by atoms with van der Waals surface area (Å²) in [6.07, 6.45) is 4.12. The Morgan fingerprint density at radius 3 is 2.45 bits per heavy atom. The van der Waals surface area contributed by atoms with Crippen LogP contribution in [-0.4, -0.2) is 70.9 Å². The van der Waals surface area contributed by atoms with Crippen LogP contribution in [-0.2, 0) is 22.6 Å².